The number of carbonyl (C=O) groups excluding carboxylic acids is 1. The smallest absolute Gasteiger partial charge is 0.410 e. The molecule has 0 radical (unpaired) electrons. The van der Waals surface area contributed by atoms with Gasteiger partial charge in [0.2, 0.25) is 0 Å². The van der Waals surface area contributed by atoms with E-state index in [9.17, 15) is 4.79 Å². The predicted molar refractivity (Wildman–Crippen MR) is 106 cm³/mol. The third kappa shape index (κ3) is 5.71. The molecule has 0 spiro atoms. The molecule has 1 fully saturated rings. The van der Waals surface area contributed by atoms with Crippen molar-refractivity contribution in [1.29, 1.82) is 0 Å². The first-order chi connectivity index (χ1) is 12.2. The molecule has 5 heteroatoms. The monoisotopic (exact) mass is 361 g/mol. The quantitative estimate of drug-likeness (QED) is 0.858. The lowest BCUT2D eigenvalue weighted by Crippen LogP contribution is -2.50. The summed E-state index contributed by atoms with van der Waals surface area (Å²) in [7, 11) is 0. The average Bonchev–Trinajstić information content (AvgIpc) is 2.58. The van der Waals surface area contributed by atoms with E-state index in [-0.39, 0.29) is 12.1 Å². The van der Waals surface area contributed by atoms with Crippen LogP contribution in [0.4, 0.5) is 4.79 Å². The SMILES string of the molecule is CCCC(c1ccc([C@H](C)N)cc1)N1CCN(C(=O)OC(C)(C)C)CC1. The Kier molecular flexibility index (Phi) is 7.07. The summed E-state index contributed by atoms with van der Waals surface area (Å²) in [5, 5.41) is 0. The van der Waals surface area contributed by atoms with Crippen LogP contribution in [0.1, 0.15) is 70.7 Å². The molecule has 1 aromatic carbocycles. The minimum Gasteiger partial charge on any atom is -0.444 e. The number of nitrogens with zero attached hydrogens (tertiary/aromatic N) is 2. The average molecular weight is 362 g/mol. The third-order valence-corrected chi connectivity index (χ3v) is 4.82. The standard InChI is InChI=1S/C21H35N3O2/c1-6-7-19(18-10-8-17(9-11-18)16(2)22)23-12-14-24(15-13-23)20(25)26-21(3,4)5/h8-11,16,19H,6-7,12-15,22H2,1-5H3/t16-,19?/m0/s1. The van der Waals surface area contributed by atoms with Crippen LogP contribution < -0.4 is 5.73 Å². The first-order valence-electron chi connectivity index (χ1n) is 9.78. The van der Waals surface area contributed by atoms with Gasteiger partial charge < -0.3 is 15.4 Å². The lowest BCUT2D eigenvalue weighted by Gasteiger charge is -2.40. The van der Waals surface area contributed by atoms with Gasteiger partial charge in [-0.3, -0.25) is 4.90 Å². The Morgan fingerprint density at radius 3 is 2.12 bits per heavy atom. The van der Waals surface area contributed by atoms with Crippen molar-refractivity contribution in [2.45, 2.75) is 65.1 Å². The number of ether oxygens (including phenoxy) is 1. The van der Waals surface area contributed by atoms with Gasteiger partial charge in [0.15, 0.2) is 0 Å². The van der Waals surface area contributed by atoms with Crippen LogP contribution in [-0.4, -0.2) is 47.7 Å². The van der Waals surface area contributed by atoms with Gasteiger partial charge in [0.25, 0.3) is 0 Å². The van der Waals surface area contributed by atoms with Crippen LogP contribution >= 0.6 is 0 Å². The molecule has 0 bridgehead atoms. The summed E-state index contributed by atoms with van der Waals surface area (Å²) in [4.78, 5) is 16.6. The van der Waals surface area contributed by atoms with Crippen molar-refractivity contribution < 1.29 is 9.53 Å². The highest BCUT2D eigenvalue weighted by molar-refractivity contribution is 5.68. The van der Waals surface area contributed by atoms with Crippen molar-refractivity contribution >= 4 is 6.09 Å². The number of nitrogens with two attached hydrogens (primary N) is 1. The minimum absolute atomic E-state index is 0.0612. The molecule has 0 saturated carbocycles. The summed E-state index contributed by atoms with van der Waals surface area (Å²) < 4.78 is 5.50. The van der Waals surface area contributed by atoms with Crippen LogP contribution in [0.5, 0.6) is 0 Å². The first-order valence-corrected chi connectivity index (χ1v) is 9.78. The van der Waals surface area contributed by atoms with Gasteiger partial charge in [0, 0.05) is 38.3 Å². The second kappa shape index (κ2) is 8.87. The molecule has 2 rings (SSSR count). The van der Waals surface area contributed by atoms with E-state index in [1.165, 1.54) is 11.1 Å². The summed E-state index contributed by atoms with van der Waals surface area (Å²) in [6, 6.07) is 9.14. The number of piperazine rings is 1. The number of benzene rings is 1. The summed E-state index contributed by atoms with van der Waals surface area (Å²) in [6.07, 6.45) is 2.04. The largest absolute Gasteiger partial charge is 0.444 e. The summed E-state index contributed by atoms with van der Waals surface area (Å²) in [5.41, 5.74) is 8.03. The molecule has 1 aliphatic rings. The van der Waals surface area contributed by atoms with Gasteiger partial charge >= 0.3 is 6.09 Å². The lowest BCUT2D eigenvalue weighted by atomic mass is 9.97. The fourth-order valence-electron chi connectivity index (χ4n) is 3.40. The van der Waals surface area contributed by atoms with E-state index in [0.717, 1.165) is 25.9 Å². The zero-order valence-corrected chi connectivity index (χ0v) is 17.0. The number of rotatable bonds is 5. The van der Waals surface area contributed by atoms with Gasteiger partial charge in [-0.25, -0.2) is 4.79 Å². The Morgan fingerprint density at radius 2 is 1.65 bits per heavy atom. The van der Waals surface area contributed by atoms with Crippen molar-refractivity contribution in [2.75, 3.05) is 26.2 Å². The fourth-order valence-corrected chi connectivity index (χ4v) is 3.40. The van der Waals surface area contributed by atoms with Gasteiger partial charge in [-0.15, -0.1) is 0 Å². The first kappa shape index (κ1) is 20.7. The maximum Gasteiger partial charge on any atom is 0.410 e. The van der Waals surface area contributed by atoms with Crippen molar-refractivity contribution in [2.24, 2.45) is 5.73 Å². The molecular formula is C21H35N3O2. The fraction of sp³-hybridized carbons (Fsp3) is 0.667. The number of amides is 1. The Bertz CT molecular complexity index is 570. The highest BCUT2D eigenvalue weighted by Crippen LogP contribution is 2.28. The molecule has 1 unspecified atom stereocenters. The van der Waals surface area contributed by atoms with Crippen LogP contribution in [0, 0.1) is 0 Å². The van der Waals surface area contributed by atoms with Crippen LogP contribution in [0.2, 0.25) is 0 Å². The van der Waals surface area contributed by atoms with Gasteiger partial charge in [0.1, 0.15) is 5.60 Å². The van der Waals surface area contributed by atoms with Crippen molar-refractivity contribution in [3.05, 3.63) is 35.4 Å². The normalized spacial score (nSPS) is 18.5. The van der Waals surface area contributed by atoms with Gasteiger partial charge in [-0.05, 0) is 45.2 Å². The molecule has 1 heterocycles. The second-order valence-corrected chi connectivity index (χ2v) is 8.26. The third-order valence-electron chi connectivity index (χ3n) is 4.82. The van der Waals surface area contributed by atoms with E-state index in [2.05, 4.69) is 36.1 Å². The number of hydrogen-bond acceptors (Lipinski definition) is 4. The van der Waals surface area contributed by atoms with Crippen LogP contribution in [0.3, 0.4) is 0 Å². The van der Waals surface area contributed by atoms with Crippen molar-refractivity contribution in [1.82, 2.24) is 9.80 Å². The minimum atomic E-state index is -0.444. The summed E-state index contributed by atoms with van der Waals surface area (Å²) >= 11 is 0. The Hall–Kier alpha value is -1.59. The van der Waals surface area contributed by atoms with Gasteiger partial charge in [-0.1, -0.05) is 37.6 Å². The highest BCUT2D eigenvalue weighted by atomic mass is 16.6. The van der Waals surface area contributed by atoms with E-state index in [1.54, 1.807) is 0 Å². The Labute approximate surface area is 158 Å². The molecule has 2 atom stereocenters. The highest BCUT2D eigenvalue weighted by Gasteiger charge is 2.29. The maximum absolute atomic E-state index is 12.3. The van der Waals surface area contributed by atoms with Crippen LogP contribution in [-0.2, 0) is 4.74 Å². The van der Waals surface area contributed by atoms with Crippen LogP contribution in [0.15, 0.2) is 24.3 Å². The molecule has 1 amide bonds. The van der Waals surface area contributed by atoms with Gasteiger partial charge in [-0.2, -0.15) is 0 Å². The lowest BCUT2D eigenvalue weighted by molar-refractivity contribution is 0.00968. The molecule has 1 aromatic rings. The topological polar surface area (TPSA) is 58.8 Å². The molecule has 2 N–H and O–H groups in total. The predicted octanol–water partition coefficient (Wildman–Crippen LogP) is 4.10. The summed E-state index contributed by atoms with van der Waals surface area (Å²) in [6.45, 7) is 13.1. The van der Waals surface area contributed by atoms with E-state index in [4.69, 9.17) is 10.5 Å². The zero-order valence-electron chi connectivity index (χ0n) is 17.0. The van der Waals surface area contributed by atoms with Gasteiger partial charge in [0.05, 0.1) is 0 Å². The number of carbonyl (C=O) groups is 1. The van der Waals surface area contributed by atoms with E-state index in [0.29, 0.717) is 19.1 Å². The molecule has 0 aromatic heterocycles. The van der Waals surface area contributed by atoms with Crippen molar-refractivity contribution in [3.63, 3.8) is 0 Å². The van der Waals surface area contributed by atoms with E-state index < -0.39 is 5.60 Å². The van der Waals surface area contributed by atoms with Crippen LogP contribution in [0.25, 0.3) is 0 Å². The maximum atomic E-state index is 12.3. The van der Waals surface area contributed by atoms with Crippen molar-refractivity contribution in [3.8, 4) is 0 Å². The molecule has 1 aliphatic heterocycles. The molecule has 146 valence electrons. The molecule has 1 saturated heterocycles. The Balaban J connectivity index is 2.00. The Morgan fingerprint density at radius 1 is 1.12 bits per heavy atom. The number of hydrogen-bond donors (Lipinski definition) is 1. The van der Waals surface area contributed by atoms with E-state index >= 15 is 0 Å². The molecular weight excluding hydrogens is 326 g/mol. The molecule has 5 nitrogen and oxygen atoms in total. The zero-order chi connectivity index (χ0) is 19.3. The molecule has 0 aliphatic carbocycles. The van der Waals surface area contributed by atoms with E-state index in [1.807, 2.05) is 32.6 Å². The summed E-state index contributed by atoms with van der Waals surface area (Å²) in [5.74, 6) is 0. The molecule has 26 heavy (non-hydrogen) atoms. The second-order valence-electron chi connectivity index (χ2n) is 8.26.